The van der Waals surface area contributed by atoms with Crippen LogP contribution in [-0.2, 0) is 9.53 Å². The average Bonchev–Trinajstić information content (AvgIpc) is 3.24. The van der Waals surface area contributed by atoms with Gasteiger partial charge in [0.25, 0.3) is 5.91 Å². The van der Waals surface area contributed by atoms with Crippen LogP contribution in [0.3, 0.4) is 0 Å². The van der Waals surface area contributed by atoms with Gasteiger partial charge in [0.1, 0.15) is 5.58 Å². The maximum Gasteiger partial charge on any atom is 0.375 e. The molecular formula is C23H21N3O4. The minimum Gasteiger partial charge on any atom is -0.450 e. The molecular weight excluding hydrogens is 382 g/mol. The summed E-state index contributed by atoms with van der Waals surface area (Å²) in [5, 5.41) is 8.12. The Balaban J connectivity index is 1.44. The third-order valence-corrected chi connectivity index (χ3v) is 4.92. The van der Waals surface area contributed by atoms with Gasteiger partial charge >= 0.3 is 5.97 Å². The van der Waals surface area contributed by atoms with Crippen molar-refractivity contribution < 1.29 is 18.7 Å². The van der Waals surface area contributed by atoms with E-state index >= 15 is 0 Å². The number of ether oxygens (including phenoxy) is 1. The number of carbonyl (C=O) groups is 2. The van der Waals surface area contributed by atoms with Gasteiger partial charge in [-0.2, -0.15) is 5.10 Å². The Labute approximate surface area is 173 Å². The van der Waals surface area contributed by atoms with Crippen molar-refractivity contribution >= 4 is 28.5 Å². The largest absolute Gasteiger partial charge is 0.450 e. The molecule has 4 rings (SSSR count). The molecule has 0 aliphatic rings. The zero-order valence-electron chi connectivity index (χ0n) is 16.9. The summed E-state index contributed by atoms with van der Waals surface area (Å²) in [6.45, 7) is 5.04. The number of para-hydroxylation sites is 2. The van der Waals surface area contributed by atoms with E-state index in [1.54, 1.807) is 17.7 Å². The molecule has 0 atom stereocenters. The normalized spacial score (nSPS) is 10.9. The summed E-state index contributed by atoms with van der Waals surface area (Å²) < 4.78 is 12.5. The SMILES string of the molecule is Cc1nn(-c2ccccc2)c(C)c1NC(=O)COC(=O)c1oc2ccccc2c1C. The van der Waals surface area contributed by atoms with E-state index in [0.29, 0.717) is 22.5 Å². The van der Waals surface area contributed by atoms with Crippen LogP contribution in [0.15, 0.2) is 59.0 Å². The molecule has 7 nitrogen and oxygen atoms in total. The standard InChI is InChI=1S/C23H21N3O4/c1-14-18-11-7-8-12-19(18)30-22(14)23(28)29-13-20(27)24-21-15(2)25-26(16(21)3)17-9-5-4-6-10-17/h4-12H,13H2,1-3H3,(H,24,27). The summed E-state index contributed by atoms with van der Waals surface area (Å²) in [5.41, 5.74) is 4.23. The van der Waals surface area contributed by atoms with Crippen molar-refractivity contribution in [2.24, 2.45) is 0 Å². The molecule has 0 radical (unpaired) electrons. The fourth-order valence-electron chi connectivity index (χ4n) is 3.39. The minimum atomic E-state index is -0.674. The number of anilines is 1. The third kappa shape index (κ3) is 3.57. The van der Waals surface area contributed by atoms with Crippen LogP contribution in [0.1, 0.15) is 27.5 Å². The Hall–Kier alpha value is -3.87. The first kappa shape index (κ1) is 19.4. The molecule has 0 bridgehead atoms. The van der Waals surface area contributed by atoms with Gasteiger partial charge < -0.3 is 14.5 Å². The maximum absolute atomic E-state index is 12.4. The Kier molecular flexibility index (Phi) is 5.10. The van der Waals surface area contributed by atoms with Gasteiger partial charge in [-0.3, -0.25) is 4.79 Å². The van der Waals surface area contributed by atoms with Gasteiger partial charge in [0, 0.05) is 10.9 Å². The summed E-state index contributed by atoms with van der Waals surface area (Å²) in [7, 11) is 0. The number of esters is 1. The highest BCUT2D eigenvalue weighted by molar-refractivity contribution is 5.98. The summed E-state index contributed by atoms with van der Waals surface area (Å²) in [5.74, 6) is -1.02. The first-order valence-electron chi connectivity index (χ1n) is 9.52. The van der Waals surface area contributed by atoms with E-state index in [9.17, 15) is 9.59 Å². The fraction of sp³-hybridized carbons (Fsp3) is 0.174. The highest BCUT2D eigenvalue weighted by atomic mass is 16.5. The first-order valence-corrected chi connectivity index (χ1v) is 9.52. The Bertz CT molecular complexity index is 1240. The molecule has 4 aromatic rings. The number of benzene rings is 2. The molecule has 0 saturated heterocycles. The van der Waals surface area contributed by atoms with E-state index in [1.165, 1.54) is 0 Å². The number of carbonyl (C=O) groups excluding carboxylic acids is 2. The number of rotatable bonds is 5. The van der Waals surface area contributed by atoms with Crippen molar-refractivity contribution in [2.45, 2.75) is 20.8 Å². The minimum absolute atomic E-state index is 0.105. The Morgan fingerprint density at radius 3 is 2.47 bits per heavy atom. The highest BCUT2D eigenvalue weighted by Crippen LogP contribution is 2.26. The predicted octanol–water partition coefficient (Wildman–Crippen LogP) is 4.34. The molecule has 1 N–H and O–H groups in total. The van der Waals surface area contributed by atoms with Crippen molar-refractivity contribution in [3.05, 3.63) is 77.3 Å². The van der Waals surface area contributed by atoms with Crippen molar-refractivity contribution in [3.8, 4) is 5.69 Å². The van der Waals surface area contributed by atoms with Crippen LogP contribution in [0.4, 0.5) is 5.69 Å². The monoisotopic (exact) mass is 403 g/mol. The van der Waals surface area contributed by atoms with E-state index in [4.69, 9.17) is 9.15 Å². The molecule has 2 heterocycles. The number of amides is 1. The van der Waals surface area contributed by atoms with E-state index in [1.807, 2.05) is 62.4 Å². The second-order valence-electron chi connectivity index (χ2n) is 6.97. The van der Waals surface area contributed by atoms with Crippen LogP contribution >= 0.6 is 0 Å². The number of hydrogen-bond acceptors (Lipinski definition) is 5. The van der Waals surface area contributed by atoms with Gasteiger partial charge in [-0.25, -0.2) is 9.48 Å². The molecule has 2 aromatic carbocycles. The number of nitrogens with zero attached hydrogens (tertiary/aromatic N) is 2. The molecule has 7 heteroatoms. The van der Waals surface area contributed by atoms with Crippen LogP contribution < -0.4 is 5.32 Å². The number of nitrogens with one attached hydrogen (secondary N) is 1. The van der Waals surface area contributed by atoms with Gasteiger partial charge in [0.15, 0.2) is 6.61 Å². The quantitative estimate of drug-likeness (QED) is 0.501. The zero-order valence-corrected chi connectivity index (χ0v) is 16.9. The summed E-state index contributed by atoms with van der Waals surface area (Å²) in [6, 6.07) is 17.0. The van der Waals surface area contributed by atoms with Crippen molar-refractivity contribution in [2.75, 3.05) is 11.9 Å². The molecule has 0 fully saturated rings. The average molecular weight is 403 g/mol. The molecule has 0 saturated carbocycles. The number of aryl methyl sites for hydroxylation is 2. The van der Waals surface area contributed by atoms with Gasteiger partial charge in [0.05, 0.1) is 22.8 Å². The van der Waals surface area contributed by atoms with Crippen LogP contribution in [0, 0.1) is 20.8 Å². The van der Waals surface area contributed by atoms with E-state index in [0.717, 1.165) is 16.8 Å². The summed E-state index contributed by atoms with van der Waals surface area (Å²) in [6.07, 6.45) is 0. The van der Waals surface area contributed by atoms with Gasteiger partial charge in [-0.1, -0.05) is 36.4 Å². The number of fused-ring (bicyclic) bond motifs is 1. The van der Waals surface area contributed by atoms with Gasteiger partial charge in [0.2, 0.25) is 5.76 Å². The molecule has 0 spiro atoms. The smallest absolute Gasteiger partial charge is 0.375 e. The van der Waals surface area contributed by atoms with Crippen LogP contribution in [-0.4, -0.2) is 28.3 Å². The van der Waals surface area contributed by atoms with Gasteiger partial charge in [-0.05, 0) is 39.0 Å². The number of hydrogen-bond donors (Lipinski definition) is 1. The van der Waals surface area contributed by atoms with E-state index < -0.39 is 18.5 Å². The third-order valence-electron chi connectivity index (χ3n) is 4.92. The first-order chi connectivity index (χ1) is 14.5. The van der Waals surface area contributed by atoms with Gasteiger partial charge in [-0.15, -0.1) is 0 Å². The molecule has 0 aliphatic carbocycles. The molecule has 0 aliphatic heterocycles. The summed E-state index contributed by atoms with van der Waals surface area (Å²) in [4.78, 5) is 24.8. The van der Waals surface area contributed by atoms with Crippen LogP contribution in [0.25, 0.3) is 16.7 Å². The second-order valence-corrected chi connectivity index (χ2v) is 6.97. The van der Waals surface area contributed by atoms with Crippen molar-refractivity contribution in [1.82, 2.24) is 9.78 Å². The fourth-order valence-corrected chi connectivity index (χ4v) is 3.39. The van der Waals surface area contributed by atoms with E-state index in [-0.39, 0.29) is 5.76 Å². The molecule has 0 unspecified atom stereocenters. The highest BCUT2D eigenvalue weighted by Gasteiger charge is 2.21. The van der Waals surface area contributed by atoms with Crippen molar-refractivity contribution in [3.63, 3.8) is 0 Å². The lowest BCUT2D eigenvalue weighted by Crippen LogP contribution is -2.21. The maximum atomic E-state index is 12.4. The molecule has 152 valence electrons. The topological polar surface area (TPSA) is 86.4 Å². The Morgan fingerprint density at radius 1 is 1.03 bits per heavy atom. The lowest BCUT2D eigenvalue weighted by atomic mass is 10.1. The number of furan rings is 1. The Morgan fingerprint density at radius 2 is 1.73 bits per heavy atom. The van der Waals surface area contributed by atoms with Crippen LogP contribution in [0.5, 0.6) is 0 Å². The second kappa shape index (κ2) is 7.87. The lowest BCUT2D eigenvalue weighted by molar-refractivity contribution is -0.119. The predicted molar refractivity (Wildman–Crippen MR) is 113 cm³/mol. The zero-order chi connectivity index (χ0) is 21.3. The summed E-state index contributed by atoms with van der Waals surface area (Å²) >= 11 is 0. The molecule has 2 aromatic heterocycles. The van der Waals surface area contributed by atoms with E-state index in [2.05, 4.69) is 10.4 Å². The molecule has 30 heavy (non-hydrogen) atoms. The number of aromatic nitrogens is 2. The van der Waals surface area contributed by atoms with Crippen molar-refractivity contribution in [1.29, 1.82) is 0 Å². The lowest BCUT2D eigenvalue weighted by Gasteiger charge is -2.07. The van der Waals surface area contributed by atoms with Crippen LogP contribution in [0.2, 0.25) is 0 Å². The molecule has 1 amide bonds.